The molecule has 100 valence electrons. The largest absolute Gasteiger partial charge is 0.484 e. The topological polar surface area (TPSA) is 75.0 Å². The van der Waals surface area contributed by atoms with Crippen LogP contribution < -0.4 is 10.1 Å². The van der Waals surface area contributed by atoms with Crippen molar-refractivity contribution < 1.29 is 9.53 Å². The number of amides is 1. The predicted molar refractivity (Wildman–Crippen MR) is 74.3 cm³/mol. The van der Waals surface area contributed by atoms with Gasteiger partial charge in [-0.3, -0.25) is 4.79 Å². The fourth-order valence-corrected chi connectivity index (χ4v) is 1.57. The molecule has 0 unspecified atom stereocenters. The molecule has 0 fully saturated rings. The van der Waals surface area contributed by atoms with E-state index in [1.54, 1.807) is 30.3 Å². The number of pyridine rings is 1. The minimum Gasteiger partial charge on any atom is -0.484 e. The van der Waals surface area contributed by atoms with Crippen LogP contribution in [-0.2, 0) is 4.79 Å². The molecule has 0 atom stereocenters. The second-order valence-corrected chi connectivity index (χ2v) is 4.14. The number of aryl methyl sites for hydroxylation is 1. The summed E-state index contributed by atoms with van der Waals surface area (Å²) in [6.45, 7) is 1.74. The molecule has 0 aliphatic heterocycles. The number of nitrogens with zero attached hydrogens (tertiary/aromatic N) is 2. The number of carbonyl (C=O) groups is 1. The third kappa shape index (κ3) is 3.82. The number of benzene rings is 1. The van der Waals surface area contributed by atoms with E-state index in [0.717, 1.165) is 5.69 Å². The van der Waals surface area contributed by atoms with Crippen LogP contribution in [0, 0.1) is 18.3 Å². The quantitative estimate of drug-likeness (QED) is 0.922. The third-order valence-electron chi connectivity index (χ3n) is 2.51. The fraction of sp³-hybridized carbons (Fsp3) is 0.133. The molecule has 0 aliphatic carbocycles. The van der Waals surface area contributed by atoms with Crippen molar-refractivity contribution in [3.05, 3.63) is 53.7 Å². The van der Waals surface area contributed by atoms with Crippen molar-refractivity contribution in [3.8, 4) is 11.8 Å². The Morgan fingerprint density at radius 2 is 2.05 bits per heavy atom. The summed E-state index contributed by atoms with van der Waals surface area (Å²) in [7, 11) is 0. The van der Waals surface area contributed by atoms with Crippen molar-refractivity contribution in [1.29, 1.82) is 5.26 Å². The molecule has 1 amide bonds. The van der Waals surface area contributed by atoms with E-state index in [2.05, 4.69) is 10.3 Å². The van der Waals surface area contributed by atoms with Gasteiger partial charge in [-0.05, 0) is 43.3 Å². The van der Waals surface area contributed by atoms with E-state index < -0.39 is 0 Å². The maximum atomic E-state index is 11.7. The molecule has 5 nitrogen and oxygen atoms in total. The Morgan fingerprint density at radius 3 is 2.70 bits per heavy atom. The van der Waals surface area contributed by atoms with Crippen LogP contribution in [0.4, 0.5) is 5.82 Å². The van der Waals surface area contributed by atoms with E-state index in [9.17, 15) is 4.79 Å². The first-order valence-electron chi connectivity index (χ1n) is 6.04. The Bertz CT molecular complexity index is 645. The van der Waals surface area contributed by atoms with E-state index in [1.165, 1.54) is 0 Å². The standard InChI is InChI=1S/C15H13N3O2/c1-11-3-2-4-14(17-11)18-15(19)10-20-13-7-5-12(9-16)6-8-13/h2-8H,10H2,1H3,(H,17,18,19). The first-order chi connectivity index (χ1) is 9.67. The van der Waals surface area contributed by atoms with E-state index in [1.807, 2.05) is 25.1 Å². The van der Waals surface area contributed by atoms with Gasteiger partial charge in [0.2, 0.25) is 0 Å². The van der Waals surface area contributed by atoms with Gasteiger partial charge in [-0.25, -0.2) is 4.98 Å². The number of hydrogen-bond acceptors (Lipinski definition) is 4. The van der Waals surface area contributed by atoms with E-state index in [-0.39, 0.29) is 12.5 Å². The number of anilines is 1. The molecule has 0 saturated carbocycles. The second-order valence-electron chi connectivity index (χ2n) is 4.14. The van der Waals surface area contributed by atoms with Crippen LogP contribution in [0.2, 0.25) is 0 Å². The molecule has 0 spiro atoms. The van der Waals surface area contributed by atoms with E-state index >= 15 is 0 Å². The summed E-state index contributed by atoms with van der Waals surface area (Å²) in [5.74, 6) is 0.752. The summed E-state index contributed by atoms with van der Waals surface area (Å²) in [5.41, 5.74) is 1.38. The molecule has 1 heterocycles. The molecule has 1 aromatic carbocycles. The average Bonchev–Trinajstić information content (AvgIpc) is 2.46. The van der Waals surface area contributed by atoms with Crippen molar-refractivity contribution in [2.75, 3.05) is 11.9 Å². The Labute approximate surface area is 116 Å². The Balaban J connectivity index is 1.87. The van der Waals surface area contributed by atoms with Crippen LogP contribution in [0.5, 0.6) is 5.75 Å². The maximum Gasteiger partial charge on any atom is 0.263 e. The van der Waals surface area contributed by atoms with Gasteiger partial charge in [-0.2, -0.15) is 5.26 Å². The zero-order valence-corrected chi connectivity index (χ0v) is 11.0. The van der Waals surface area contributed by atoms with Gasteiger partial charge in [0.1, 0.15) is 11.6 Å². The van der Waals surface area contributed by atoms with Gasteiger partial charge in [0, 0.05) is 5.69 Å². The summed E-state index contributed by atoms with van der Waals surface area (Å²) in [6, 6.07) is 14.0. The zero-order chi connectivity index (χ0) is 14.4. The highest BCUT2D eigenvalue weighted by molar-refractivity contribution is 5.90. The Kier molecular flexibility index (Phi) is 4.30. The molecule has 2 aromatic rings. The molecular formula is C15H13N3O2. The van der Waals surface area contributed by atoms with Crippen molar-refractivity contribution >= 4 is 11.7 Å². The van der Waals surface area contributed by atoms with Crippen LogP contribution >= 0.6 is 0 Å². The lowest BCUT2D eigenvalue weighted by Crippen LogP contribution is -2.20. The normalized spacial score (nSPS) is 9.60. The van der Waals surface area contributed by atoms with Crippen LogP contribution in [0.1, 0.15) is 11.3 Å². The lowest BCUT2D eigenvalue weighted by atomic mass is 10.2. The first-order valence-corrected chi connectivity index (χ1v) is 6.04. The van der Waals surface area contributed by atoms with Crippen molar-refractivity contribution in [2.24, 2.45) is 0 Å². The van der Waals surface area contributed by atoms with Crippen LogP contribution in [0.15, 0.2) is 42.5 Å². The van der Waals surface area contributed by atoms with Gasteiger partial charge in [0.05, 0.1) is 11.6 Å². The van der Waals surface area contributed by atoms with Crippen LogP contribution in [-0.4, -0.2) is 17.5 Å². The zero-order valence-electron chi connectivity index (χ0n) is 11.0. The van der Waals surface area contributed by atoms with Crippen LogP contribution in [0.3, 0.4) is 0 Å². The molecule has 1 aromatic heterocycles. The summed E-state index contributed by atoms with van der Waals surface area (Å²) in [6.07, 6.45) is 0. The number of nitrogens with one attached hydrogen (secondary N) is 1. The molecule has 1 N–H and O–H groups in total. The second kappa shape index (κ2) is 6.34. The molecule has 20 heavy (non-hydrogen) atoms. The van der Waals surface area contributed by atoms with Gasteiger partial charge >= 0.3 is 0 Å². The number of nitriles is 1. The van der Waals surface area contributed by atoms with Crippen molar-refractivity contribution in [2.45, 2.75) is 6.92 Å². The first kappa shape index (κ1) is 13.6. The number of aromatic nitrogens is 1. The van der Waals surface area contributed by atoms with Gasteiger partial charge < -0.3 is 10.1 Å². The third-order valence-corrected chi connectivity index (χ3v) is 2.51. The van der Waals surface area contributed by atoms with Gasteiger partial charge in [-0.15, -0.1) is 0 Å². The minimum absolute atomic E-state index is 0.110. The Morgan fingerprint density at radius 1 is 1.30 bits per heavy atom. The monoisotopic (exact) mass is 267 g/mol. The van der Waals surface area contributed by atoms with Crippen molar-refractivity contribution in [1.82, 2.24) is 4.98 Å². The molecule has 0 bridgehead atoms. The molecule has 0 saturated heterocycles. The number of ether oxygens (including phenoxy) is 1. The SMILES string of the molecule is Cc1cccc(NC(=O)COc2ccc(C#N)cc2)n1. The molecule has 2 rings (SSSR count). The summed E-state index contributed by atoms with van der Waals surface area (Å²) in [5, 5.41) is 11.3. The number of hydrogen-bond donors (Lipinski definition) is 1. The minimum atomic E-state index is -0.285. The molecule has 0 aliphatic rings. The summed E-state index contributed by atoms with van der Waals surface area (Å²) < 4.78 is 5.32. The lowest BCUT2D eigenvalue weighted by molar-refractivity contribution is -0.118. The Hall–Kier alpha value is -2.87. The lowest BCUT2D eigenvalue weighted by Gasteiger charge is -2.07. The van der Waals surface area contributed by atoms with Gasteiger partial charge in [-0.1, -0.05) is 6.07 Å². The fourth-order valence-electron chi connectivity index (χ4n) is 1.57. The highest BCUT2D eigenvalue weighted by Gasteiger charge is 2.04. The highest BCUT2D eigenvalue weighted by Crippen LogP contribution is 2.11. The highest BCUT2D eigenvalue weighted by atomic mass is 16.5. The predicted octanol–water partition coefficient (Wildman–Crippen LogP) is 2.28. The summed E-state index contributed by atoms with van der Waals surface area (Å²) in [4.78, 5) is 15.9. The summed E-state index contributed by atoms with van der Waals surface area (Å²) >= 11 is 0. The smallest absolute Gasteiger partial charge is 0.263 e. The molecule has 0 radical (unpaired) electrons. The van der Waals surface area contributed by atoms with E-state index in [0.29, 0.717) is 17.1 Å². The average molecular weight is 267 g/mol. The van der Waals surface area contributed by atoms with Crippen molar-refractivity contribution in [3.63, 3.8) is 0 Å². The van der Waals surface area contributed by atoms with Gasteiger partial charge in [0.25, 0.3) is 5.91 Å². The molecule has 5 heteroatoms. The molecular weight excluding hydrogens is 254 g/mol. The van der Waals surface area contributed by atoms with Crippen LogP contribution in [0.25, 0.3) is 0 Å². The number of rotatable bonds is 4. The van der Waals surface area contributed by atoms with E-state index in [4.69, 9.17) is 10.00 Å². The van der Waals surface area contributed by atoms with Gasteiger partial charge in [0.15, 0.2) is 6.61 Å². The maximum absolute atomic E-state index is 11.7. The number of carbonyl (C=O) groups excluding carboxylic acids is 1.